The van der Waals surface area contributed by atoms with Gasteiger partial charge >= 0.3 is 0 Å². The van der Waals surface area contributed by atoms with Crippen molar-refractivity contribution in [3.8, 4) is 0 Å². The van der Waals surface area contributed by atoms with Gasteiger partial charge in [-0.05, 0) is 17.7 Å². The van der Waals surface area contributed by atoms with Crippen LogP contribution in [0.25, 0.3) is 0 Å². The van der Waals surface area contributed by atoms with Gasteiger partial charge in [-0.2, -0.15) is 0 Å². The van der Waals surface area contributed by atoms with Crippen LogP contribution < -0.4 is 11.1 Å². The minimum Gasteiger partial charge on any atom is -0.381 e. The molecule has 1 aliphatic rings. The van der Waals surface area contributed by atoms with Crippen molar-refractivity contribution in [1.29, 1.82) is 0 Å². The molecule has 0 saturated heterocycles. The first-order valence-electron chi connectivity index (χ1n) is 5.54. The molecule has 3 rings (SSSR count). The summed E-state index contributed by atoms with van der Waals surface area (Å²) in [6.07, 6.45) is 0.713. The van der Waals surface area contributed by atoms with E-state index < -0.39 is 0 Å². The molecule has 2 heterocycles. The summed E-state index contributed by atoms with van der Waals surface area (Å²) >= 11 is 12.0. The molecule has 0 saturated carbocycles. The van der Waals surface area contributed by atoms with Crippen molar-refractivity contribution in [1.82, 2.24) is 20.3 Å². The van der Waals surface area contributed by atoms with Crippen molar-refractivity contribution in [2.75, 3.05) is 12.3 Å². The van der Waals surface area contributed by atoms with Gasteiger partial charge in [0.1, 0.15) is 6.17 Å². The zero-order valence-electron chi connectivity index (χ0n) is 9.40. The van der Waals surface area contributed by atoms with Gasteiger partial charge in [0, 0.05) is 13.0 Å². The maximum Gasteiger partial charge on any atom is 0.169 e. The number of nitrogens with zero attached hydrogens (tertiary/aromatic N) is 3. The van der Waals surface area contributed by atoms with Crippen LogP contribution >= 0.6 is 23.2 Å². The molecule has 18 heavy (non-hydrogen) atoms. The summed E-state index contributed by atoms with van der Waals surface area (Å²) in [5, 5.41) is 12.4. The van der Waals surface area contributed by atoms with E-state index in [-0.39, 0.29) is 6.17 Å². The normalized spacial score (nSPS) is 18.7. The Morgan fingerprint density at radius 1 is 1.33 bits per heavy atom. The predicted octanol–water partition coefficient (Wildman–Crippen LogP) is 1.86. The number of aromatic nitrogens is 3. The molecule has 0 fully saturated rings. The van der Waals surface area contributed by atoms with Crippen molar-refractivity contribution in [2.24, 2.45) is 0 Å². The number of anilines is 1. The van der Waals surface area contributed by atoms with Crippen molar-refractivity contribution in [3.63, 3.8) is 0 Å². The van der Waals surface area contributed by atoms with Gasteiger partial charge in [-0.15, -0.1) is 5.10 Å². The smallest absolute Gasteiger partial charge is 0.169 e. The van der Waals surface area contributed by atoms with Gasteiger partial charge < -0.3 is 5.73 Å². The molecule has 3 N–H and O–H groups in total. The van der Waals surface area contributed by atoms with E-state index in [1.54, 1.807) is 10.7 Å². The van der Waals surface area contributed by atoms with Crippen molar-refractivity contribution in [3.05, 3.63) is 39.5 Å². The molecule has 1 aromatic carbocycles. The monoisotopic (exact) mass is 283 g/mol. The van der Waals surface area contributed by atoms with E-state index in [0.29, 0.717) is 15.9 Å². The molecule has 5 nitrogen and oxygen atoms in total. The molecule has 2 aromatic rings. The Balaban J connectivity index is 2.05. The number of benzene rings is 1. The van der Waals surface area contributed by atoms with Gasteiger partial charge in [-0.3, -0.25) is 5.32 Å². The van der Waals surface area contributed by atoms with Gasteiger partial charge in [0.25, 0.3) is 0 Å². The number of nitrogen functional groups attached to an aromatic ring is 1. The molecular formula is C11H11Cl2N5. The fraction of sp³-hybridized carbons (Fsp3) is 0.273. The van der Waals surface area contributed by atoms with Crippen LogP contribution in [0.1, 0.15) is 17.4 Å². The van der Waals surface area contributed by atoms with E-state index in [1.165, 1.54) is 0 Å². The number of hydrogen-bond donors (Lipinski definition) is 2. The van der Waals surface area contributed by atoms with Crippen LogP contribution in [0, 0.1) is 0 Å². The molecule has 0 radical (unpaired) electrons. The van der Waals surface area contributed by atoms with E-state index in [4.69, 9.17) is 28.9 Å². The highest BCUT2D eigenvalue weighted by Gasteiger charge is 2.24. The van der Waals surface area contributed by atoms with Crippen LogP contribution in [0.2, 0.25) is 10.0 Å². The number of fused-ring (bicyclic) bond motifs is 1. The minimum atomic E-state index is -0.103. The lowest BCUT2D eigenvalue weighted by Gasteiger charge is -2.25. The van der Waals surface area contributed by atoms with Gasteiger partial charge in [-0.25, -0.2) is 4.68 Å². The molecular weight excluding hydrogens is 273 g/mol. The lowest BCUT2D eigenvalue weighted by atomic mass is 10.1. The quantitative estimate of drug-likeness (QED) is 0.838. The zero-order valence-corrected chi connectivity index (χ0v) is 10.9. The number of nitrogens with one attached hydrogen (secondary N) is 1. The summed E-state index contributed by atoms with van der Waals surface area (Å²) in [6, 6.07) is 5.52. The van der Waals surface area contributed by atoms with Crippen molar-refractivity contribution >= 4 is 29.0 Å². The number of nitrogens with two attached hydrogens (primary N) is 1. The second-order valence-corrected chi connectivity index (χ2v) is 4.96. The summed E-state index contributed by atoms with van der Waals surface area (Å²) in [4.78, 5) is 0. The molecule has 1 unspecified atom stereocenters. The van der Waals surface area contributed by atoms with Crippen LogP contribution in [-0.4, -0.2) is 21.5 Å². The van der Waals surface area contributed by atoms with Crippen LogP contribution in [0.3, 0.4) is 0 Å². The van der Waals surface area contributed by atoms with Gasteiger partial charge in [0.05, 0.1) is 15.7 Å². The van der Waals surface area contributed by atoms with Crippen molar-refractivity contribution < 1.29 is 0 Å². The predicted molar refractivity (Wildman–Crippen MR) is 70.7 cm³/mol. The highest BCUT2D eigenvalue weighted by Crippen LogP contribution is 2.28. The first-order valence-corrected chi connectivity index (χ1v) is 6.30. The summed E-state index contributed by atoms with van der Waals surface area (Å²) in [7, 11) is 0. The Labute approximate surface area is 114 Å². The molecule has 7 heteroatoms. The van der Waals surface area contributed by atoms with E-state index in [9.17, 15) is 0 Å². The van der Waals surface area contributed by atoms with Crippen LogP contribution in [0.15, 0.2) is 18.2 Å². The highest BCUT2D eigenvalue weighted by molar-refractivity contribution is 6.42. The number of hydrogen-bond acceptors (Lipinski definition) is 4. The first-order chi connectivity index (χ1) is 8.66. The molecule has 94 valence electrons. The Morgan fingerprint density at radius 2 is 2.17 bits per heavy atom. The van der Waals surface area contributed by atoms with E-state index in [1.807, 2.05) is 12.1 Å². The number of rotatable bonds is 1. The summed E-state index contributed by atoms with van der Waals surface area (Å²) in [5.74, 6) is 0.488. The maximum atomic E-state index is 6.04. The fourth-order valence-corrected chi connectivity index (χ4v) is 2.44. The van der Waals surface area contributed by atoms with E-state index in [2.05, 4.69) is 15.6 Å². The third-order valence-electron chi connectivity index (χ3n) is 3.02. The summed E-state index contributed by atoms with van der Waals surface area (Å²) in [6.45, 7) is 0.822. The lowest BCUT2D eigenvalue weighted by Crippen LogP contribution is -2.36. The SMILES string of the molecule is Nc1nnn2c1CCNC2c1ccc(Cl)c(Cl)c1. The van der Waals surface area contributed by atoms with Crippen LogP contribution in [0.5, 0.6) is 0 Å². The maximum absolute atomic E-state index is 6.04. The van der Waals surface area contributed by atoms with Gasteiger partial charge in [-0.1, -0.05) is 34.5 Å². The molecule has 0 amide bonds. The topological polar surface area (TPSA) is 68.8 Å². The fourth-order valence-electron chi connectivity index (χ4n) is 2.13. The molecule has 1 atom stereocenters. The summed E-state index contributed by atoms with van der Waals surface area (Å²) < 4.78 is 1.79. The molecule has 1 aromatic heterocycles. The molecule has 0 bridgehead atoms. The Bertz CT molecular complexity index is 595. The third kappa shape index (κ3) is 1.84. The molecule has 1 aliphatic heterocycles. The van der Waals surface area contributed by atoms with Gasteiger partial charge in [0.2, 0.25) is 0 Å². The Kier molecular flexibility index (Phi) is 2.89. The summed E-state index contributed by atoms with van der Waals surface area (Å²) in [5.41, 5.74) is 7.72. The van der Waals surface area contributed by atoms with Crippen LogP contribution in [-0.2, 0) is 6.42 Å². The average molecular weight is 284 g/mol. The third-order valence-corrected chi connectivity index (χ3v) is 3.76. The lowest BCUT2D eigenvalue weighted by molar-refractivity contribution is 0.375. The molecule has 0 spiro atoms. The standard InChI is InChI=1S/C11H11Cl2N5/c12-7-2-1-6(5-8(7)13)11-15-4-3-9-10(14)16-17-18(9)11/h1-2,5,11,15H,3-4,14H2. The van der Waals surface area contributed by atoms with Crippen LogP contribution in [0.4, 0.5) is 5.82 Å². The first kappa shape index (κ1) is 11.8. The van der Waals surface area contributed by atoms with E-state index >= 15 is 0 Å². The average Bonchev–Trinajstić information content (AvgIpc) is 2.75. The second-order valence-electron chi connectivity index (χ2n) is 4.15. The zero-order chi connectivity index (χ0) is 12.7. The van der Waals surface area contributed by atoms with Gasteiger partial charge in [0.15, 0.2) is 5.82 Å². The van der Waals surface area contributed by atoms with E-state index in [0.717, 1.165) is 24.2 Å². The highest BCUT2D eigenvalue weighted by atomic mass is 35.5. The minimum absolute atomic E-state index is 0.103. The largest absolute Gasteiger partial charge is 0.381 e. The Morgan fingerprint density at radius 3 is 2.94 bits per heavy atom. The Hall–Kier alpha value is -1.30. The molecule has 0 aliphatic carbocycles. The number of halogens is 2. The van der Waals surface area contributed by atoms with Crippen molar-refractivity contribution in [2.45, 2.75) is 12.6 Å². The second kappa shape index (κ2) is 4.42.